The molecule has 2 aromatic rings. The van der Waals surface area contributed by atoms with Gasteiger partial charge in [-0.1, -0.05) is 32.0 Å². The minimum atomic E-state index is -0.167. The summed E-state index contributed by atoms with van der Waals surface area (Å²) in [5.74, 6) is -0.260. The van der Waals surface area contributed by atoms with E-state index in [1.807, 2.05) is 18.2 Å². The molecule has 5 nitrogen and oxygen atoms in total. The molecule has 0 heterocycles. The summed E-state index contributed by atoms with van der Waals surface area (Å²) in [7, 11) is 0. The van der Waals surface area contributed by atoms with Gasteiger partial charge in [0.05, 0.1) is 0 Å². The maximum absolute atomic E-state index is 12.2. The summed E-state index contributed by atoms with van der Waals surface area (Å²) in [6, 6.07) is 16.0. The lowest BCUT2D eigenvalue weighted by Crippen LogP contribution is -2.29. The molecule has 0 radical (unpaired) electrons. The molecule has 0 aliphatic carbocycles. The third kappa shape index (κ3) is 6.01. The number of hydrogen-bond donors (Lipinski definition) is 2. The summed E-state index contributed by atoms with van der Waals surface area (Å²) >= 11 is 0. The van der Waals surface area contributed by atoms with E-state index in [0.29, 0.717) is 23.4 Å². The molecule has 0 aliphatic rings. The number of carbonyl (C=O) groups excluding carboxylic acids is 2. The lowest BCUT2D eigenvalue weighted by Gasteiger charge is -2.17. The molecule has 0 bridgehead atoms. The molecule has 0 aromatic heterocycles. The van der Waals surface area contributed by atoms with Crippen molar-refractivity contribution in [2.24, 2.45) is 0 Å². The molecule has 0 spiro atoms. The highest BCUT2D eigenvalue weighted by molar-refractivity contribution is 6.04. The van der Waals surface area contributed by atoms with Crippen LogP contribution in [0.25, 0.3) is 0 Å². The summed E-state index contributed by atoms with van der Waals surface area (Å²) in [5, 5.41) is 5.76. The minimum Gasteiger partial charge on any atom is -0.352 e. The first-order valence-electron chi connectivity index (χ1n) is 9.11. The number of hydrogen-bond acceptors (Lipinski definition) is 3. The second kappa shape index (κ2) is 10.4. The normalized spacial score (nSPS) is 10.6. The number of anilines is 1. The molecule has 0 atom stereocenters. The molecule has 2 rings (SSSR count). The molecule has 5 heteroatoms. The van der Waals surface area contributed by atoms with Crippen molar-refractivity contribution in [2.45, 2.75) is 20.3 Å². The fourth-order valence-electron chi connectivity index (χ4n) is 2.64. The quantitative estimate of drug-likeness (QED) is 0.679. The molecular weight excluding hydrogens is 326 g/mol. The molecule has 26 heavy (non-hydrogen) atoms. The highest BCUT2D eigenvalue weighted by Crippen LogP contribution is 2.11. The zero-order valence-electron chi connectivity index (χ0n) is 15.5. The third-order valence-electron chi connectivity index (χ3n) is 4.27. The summed E-state index contributed by atoms with van der Waals surface area (Å²) in [5.41, 5.74) is 1.85. The Hall–Kier alpha value is -2.66. The SMILES string of the molecule is CCN(CC)CCCNC(=O)c1ccc(NC(=O)c2ccccc2)cc1. The van der Waals surface area contributed by atoms with Crippen molar-refractivity contribution in [3.8, 4) is 0 Å². The lowest BCUT2D eigenvalue weighted by atomic mass is 10.1. The molecular formula is C21H27N3O2. The molecule has 138 valence electrons. The first kappa shape index (κ1) is 19.7. The van der Waals surface area contributed by atoms with Gasteiger partial charge < -0.3 is 15.5 Å². The van der Waals surface area contributed by atoms with E-state index in [-0.39, 0.29) is 11.8 Å². The smallest absolute Gasteiger partial charge is 0.255 e. The second-order valence-electron chi connectivity index (χ2n) is 6.03. The molecule has 0 saturated heterocycles. The fraction of sp³-hybridized carbons (Fsp3) is 0.333. The monoisotopic (exact) mass is 353 g/mol. The molecule has 2 aromatic carbocycles. The Labute approximate surface area is 155 Å². The standard InChI is InChI=1S/C21H27N3O2/c1-3-24(4-2)16-8-15-22-20(25)18-11-13-19(14-12-18)23-21(26)17-9-6-5-7-10-17/h5-7,9-14H,3-4,8,15-16H2,1-2H3,(H,22,25)(H,23,26). The Bertz CT molecular complexity index is 695. The van der Waals surface area contributed by atoms with Crippen LogP contribution in [0.4, 0.5) is 5.69 Å². The molecule has 2 N–H and O–H groups in total. The van der Waals surface area contributed by atoms with E-state index in [0.717, 1.165) is 26.1 Å². The Kier molecular flexibility index (Phi) is 7.83. The van der Waals surface area contributed by atoms with Crippen LogP contribution < -0.4 is 10.6 Å². The Morgan fingerprint density at radius 2 is 1.46 bits per heavy atom. The molecule has 0 unspecified atom stereocenters. The van der Waals surface area contributed by atoms with Crippen LogP contribution >= 0.6 is 0 Å². The number of nitrogens with one attached hydrogen (secondary N) is 2. The fourth-order valence-corrected chi connectivity index (χ4v) is 2.64. The zero-order valence-corrected chi connectivity index (χ0v) is 15.5. The third-order valence-corrected chi connectivity index (χ3v) is 4.27. The number of amides is 2. The zero-order chi connectivity index (χ0) is 18.8. The van der Waals surface area contributed by atoms with Crippen molar-refractivity contribution in [3.63, 3.8) is 0 Å². The van der Waals surface area contributed by atoms with Gasteiger partial charge in [0.1, 0.15) is 0 Å². The Morgan fingerprint density at radius 3 is 2.08 bits per heavy atom. The van der Waals surface area contributed by atoms with Gasteiger partial charge >= 0.3 is 0 Å². The summed E-state index contributed by atoms with van der Waals surface area (Å²) in [6.07, 6.45) is 0.929. The average Bonchev–Trinajstić information content (AvgIpc) is 2.69. The van der Waals surface area contributed by atoms with E-state index in [4.69, 9.17) is 0 Å². The summed E-state index contributed by atoms with van der Waals surface area (Å²) in [4.78, 5) is 26.6. The van der Waals surface area contributed by atoms with Gasteiger partial charge in [0.25, 0.3) is 11.8 Å². The summed E-state index contributed by atoms with van der Waals surface area (Å²) in [6.45, 7) is 7.97. The number of carbonyl (C=O) groups is 2. The predicted molar refractivity (Wildman–Crippen MR) is 106 cm³/mol. The van der Waals surface area contributed by atoms with Crippen molar-refractivity contribution in [1.29, 1.82) is 0 Å². The average molecular weight is 353 g/mol. The van der Waals surface area contributed by atoms with E-state index in [2.05, 4.69) is 29.4 Å². The van der Waals surface area contributed by atoms with Gasteiger partial charge in [0.15, 0.2) is 0 Å². The maximum Gasteiger partial charge on any atom is 0.255 e. The van der Waals surface area contributed by atoms with Crippen LogP contribution in [0.1, 0.15) is 41.0 Å². The van der Waals surface area contributed by atoms with Crippen LogP contribution in [-0.2, 0) is 0 Å². The van der Waals surface area contributed by atoms with E-state index in [9.17, 15) is 9.59 Å². The van der Waals surface area contributed by atoms with E-state index >= 15 is 0 Å². The predicted octanol–water partition coefficient (Wildman–Crippen LogP) is 3.40. The van der Waals surface area contributed by atoms with Crippen molar-refractivity contribution in [1.82, 2.24) is 10.2 Å². The van der Waals surface area contributed by atoms with Crippen LogP contribution in [-0.4, -0.2) is 42.9 Å². The molecule has 0 aliphatic heterocycles. The van der Waals surface area contributed by atoms with Crippen LogP contribution in [0.3, 0.4) is 0 Å². The second-order valence-corrected chi connectivity index (χ2v) is 6.03. The van der Waals surface area contributed by atoms with Crippen molar-refractivity contribution in [3.05, 3.63) is 65.7 Å². The van der Waals surface area contributed by atoms with E-state index in [1.54, 1.807) is 36.4 Å². The van der Waals surface area contributed by atoms with Crippen molar-refractivity contribution < 1.29 is 9.59 Å². The van der Waals surface area contributed by atoms with Crippen LogP contribution in [0, 0.1) is 0 Å². The van der Waals surface area contributed by atoms with E-state index < -0.39 is 0 Å². The van der Waals surface area contributed by atoms with E-state index in [1.165, 1.54) is 0 Å². The van der Waals surface area contributed by atoms with Gasteiger partial charge in [-0.15, -0.1) is 0 Å². The van der Waals surface area contributed by atoms with Crippen LogP contribution in [0.2, 0.25) is 0 Å². The summed E-state index contributed by atoms with van der Waals surface area (Å²) < 4.78 is 0. The van der Waals surface area contributed by atoms with Gasteiger partial charge in [-0.05, 0) is 62.5 Å². The Balaban J connectivity index is 1.81. The molecule has 2 amide bonds. The lowest BCUT2D eigenvalue weighted by molar-refractivity contribution is 0.0951. The minimum absolute atomic E-state index is 0.0921. The highest BCUT2D eigenvalue weighted by Gasteiger charge is 2.08. The van der Waals surface area contributed by atoms with Gasteiger partial charge in [-0.3, -0.25) is 9.59 Å². The van der Waals surface area contributed by atoms with Crippen molar-refractivity contribution >= 4 is 17.5 Å². The Morgan fingerprint density at radius 1 is 0.846 bits per heavy atom. The largest absolute Gasteiger partial charge is 0.352 e. The van der Waals surface area contributed by atoms with Crippen molar-refractivity contribution in [2.75, 3.05) is 31.5 Å². The first-order chi connectivity index (χ1) is 12.6. The number of rotatable bonds is 9. The first-order valence-corrected chi connectivity index (χ1v) is 9.11. The maximum atomic E-state index is 12.2. The number of nitrogens with zero attached hydrogens (tertiary/aromatic N) is 1. The van der Waals surface area contributed by atoms with Gasteiger partial charge in [-0.25, -0.2) is 0 Å². The molecule has 0 saturated carbocycles. The van der Waals surface area contributed by atoms with Gasteiger partial charge in [-0.2, -0.15) is 0 Å². The van der Waals surface area contributed by atoms with Crippen LogP contribution in [0.5, 0.6) is 0 Å². The number of benzene rings is 2. The topological polar surface area (TPSA) is 61.4 Å². The highest BCUT2D eigenvalue weighted by atomic mass is 16.2. The van der Waals surface area contributed by atoms with Gasteiger partial charge in [0.2, 0.25) is 0 Å². The van der Waals surface area contributed by atoms with Crippen LogP contribution in [0.15, 0.2) is 54.6 Å². The van der Waals surface area contributed by atoms with Gasteiger partial charge in [0, 0.05) is 23.4 Å². The molecule has 0 fully saturated rings.